The number of hydrogen-bond donors (Lipinski definition) is 0. The monoisotopic (exact) mass is 345 g/mol. The van der Waals surface area contributed by atoms with Gasteiger partial charge in [0, 0.05) is 6.54 Å². The van der Waals surface area contributed by atoms with Gasteiger partial charge < -0.3 is 4.74 Å². The summed E-state index contributed by atoms with van der Waals surface area (Å²) in [6.07, 6.45) is 1.67. The number of ether oxygens (including phenoxy) is 1. The minimum Gasteiger partial charge on any atom is -0.497 e. The first kappa shape index (κ1) is 16.8. The van der Waals surface area contributed by atoms with Crippen molar-refractivity contribution in [2.24, 2.45) is 0 Å². The molecule has 0 saturated carbocycles. The highest BCUT2D eigenvalue weighted by molar-refractivity contribution is 7.93. The van der Waals surface area contributed by atoms with Crippen LogP contribution in [0.2, 0.25) is 0 Å². The zero-order chi connectivity index (χ0) is 17.5. The molecule has 0 fully saturated rings. The zero-order valence-electron chi connectivity index (χ0n) is 14.6. The van der Waals surface area contributed by atoms with Gasteiger partial charge in [-0.2, -0.15) is 0 Å². The smallest absolute Gasteiger partial charge is 0.264 e. The first-order valence-electron chi connectivity index (χ1n) is 8.12. The summed E-state index contributed by atoms with van der Waals surface area (Å²) in [5, 5.41) is 0. The van der Waals surface area contributed by atoms with Crippen molar-refractivity contribution in [1.82, 2.24) is 0 Å². The topological polar surface area (TPSA) is 46.6 Å². The van der Waals surface area contributed by atoms with Crippen LogP contribution in [0.5, 0.6) is 5.75 Å². The van der Waals surface area contributed by atoms with Crippen LogP contribution in [0, 0.1) is 20.8 Å². The first-order chi connectivity index (χ1) is 11.3. The molecule has 128 valence electrons. The molecule has 0 unspecified atom stereocenters. The van der Waals surface area contributed by atoms with Crippen LogP contribution in [0.3, 0.4) is 0 Å². The van der Waals surface area contributed by atoms with Crippen LogP contribution >= 0.6 is 0 Å². The van der Waals surface area contributed by atoms with Crippen LogP contribution < -0.4 is 9.04 Å². The molecule has 0 atom stereocenters. The van der Waals surface area contributed by atoms with Gasteiger partial charge in [-0.15, -0.1) is 0 Å². The number of fused-ring (bicyclic) bond motifs is 1. The fourth-order valence-electron chi connectivity index (χ4n) is 3.60. The van der Waals surface area contributed by atoms with Crippen LogP contribution in [0.15, 0.2) is 35.2 Å². The summed E-state index contributed by atoms with van der Waals surface area (Å²) in [6.45, 7) is 6.23. The molecule has 2 aromatic carbocycles. The lowest BCUT2D eigenvalue weighted by molar-refractivity contribution is 0.414. The van der Waals surface area contributed by atoms with E-state index in [9.17, 15) is 8.42 Å². The third-order valence-electron chi connectivity index (χ3n) is 4.52. The third-order valence-corrected chi connectivity index (χ3v) is 6.63. The predicted octanol–water partition coefficient (Wildman–Crippen LogP) is 3.76. The molecule has 0 bridgehead atoms. The summed E-state index contributed by atoms with van der Waals surface area (Å²) < 4.78 is 33.5. The predicted molar refractivity (Wildman–Crippen MR) is 96.5 cm³/mol. The van der Waals surface area contributed by atoms with Crippen LogP contribution in [-0.4, -0.2) is 22.1 Å². The van der Waals surface area contributed by atoms with Crippen LogP contribution in [0.25, 0.3) is 0 Å². The van der Waals surface area contributed by atoms with Crippen molar-refractivity contribution in [3.8, 4) is 5.75 Å². The van der Waals surface area contributed by atoms with E-state index in [1.807, 2.05) is 51.1 Å². The molecule has 4 nitrogen and oxygen atoms in total. The molecular formula is C19H23NO3S. The minimum atomic E-state index is -3.58. The Balaban J connectivity index is 2.14. The largest absolute Gasteiger partial charge is 0.497 e. The number of methoxy groups -OCH3 is 1. The van der Waals surface area contributed by atoms with Crippen LogP contribution in [0.4, 0.5) is 5.69 Å². The summed E-state index contributed by atoms with van der Waals surface area (Å²) in [4.78, 5) is 0.428. The van der Waals surface area contributed by atoms with Crippen LogP contribution in [0.1, 0.15) is 28.7 Å². The number of hydrogen-bond acceptors (Lipinski definition) is 3. The highest BCUT2D eigenvalue weighted by atomic mass is 32.2. The molecule has 0 aromatic heterocycles. The lowest BCUT2D eigenvalue weighted by Crippen LogP contribution is -2.36. The molecule has 5 heteroatoms. The van der Waals surface area contributed by atoms with Crippen LogP contribution in [-0.2, 0) is 16.4 Å². The van der Waals surface area contributed by atoms with Crippen molar-refractivity contribution < 1.29 is 13.2 Å². The van der Waals surface area contributed by atoms with Gasteiger partial charge in [-0.1, -0.05) is 17.7 Å². The van der Waals surface area contributed by atoms with E-state index in [1.54, 1.807) is 11.4 Å². The summed E-state index contributed by atoms with van der Waals surface area (Å²) in [5.74, 6) is 0.760. The quantitative estimate of drug-likeness (QED) is 0.851. The Morgan fingerprint density at radius 3 is 2.33 bits per heavy atom. The number of nitrogens with zero attached hydrogens (tertiary/aromatic N) is 1. The molecule has 2 aromatic rings. The second-order valence-corrected chi connectivity index (χ2v) is 8.20. The normalized spacial score (nSPS) is 14.4. The van der Waals surface area contributed by atoms with E-state index in [4.69, 9.17) is 4.74 Å². The molecule has 0 radical (unpaired) electrons. The number of rotatable bonds is 3. The summed E-state index contributed by atoms with van der Waals surface area (Å²) in [7, 11) is -1.96. The molecular weight excluding hydrogens is 322 g/mol. The summed E-state index contributed by atoms with van der Waals surface area (Å²) in [6, 6.07) is 9.47. The Hall–Kier alpha value is -2.01. The van der Waals surface area contributed by atoms with Crippen molar-refractivity contribution in [3.63, 3.8) is 0 Å². The Morgan fingerprint density at radius 1 is 1.04 bits per heavy atom. The third kappa shape index (κ3) is 2.77. The van der Waals surface area contributed by atoms with Crippen molar-refractivity contribution in [3.05, 3.63) is 52.6 Å². The van der Waals surface area contributed by atoms with Gasteiger partial charge in [-0.05, 0) is 68.5 Å². The van der Waals surface area contributed by atoms with E-state index in [0.717, 1.165) is 46.5 Å². The highest BCUT2D eigenvalue weighted by Gasteiger charge is 2.31. The lowest BCUT2D eigenvalue weighted by Gasteiger charge is -2.31. The van der Waals surface area contributed by atoms with Crippen molar-refractivity contribution in [2.45, 2.75) is 38.5 Å². The Bertz CT molecular complexity index is 864. The standard InChI is InChI=1S/C19H23NO3S/c1-13-10-14(2)19(15(3)11-13)24(21,22)20-9-5-6-16-12-17(23-4)7-8-18(16)20/h7-8,10-12H,5-6,9H2,1-4H3. The molecule has 0 aliphatic carbocycles. The summed E-state index contributed by atoms with van der Waals surface area (Å²) >= 11 is 0. The number of sulfonamides is 1. The van der Waals surface area contributed by atoms with Gasteiger partial charge >= 0.3 is 0 Å². The maximum atomic E-state index is 13.4. The maximum Gasteiger partial charge on any atom is 0.264 e. The minimum absolute atomic E-state index is 0.428. The van der Waals surface area contributed by atoms with Gasteiger partial charge in [-0.25, -0.2) is 8.42 Å². The average molecular weight is 345 g/mol. The van der Waals surface area contributed by atoms with Crippen molar-refractivity contribution in [1.29, 1.82) is 0 Å². The molecule has 1 heterocycles. The number of aryl methyl sites for hydroxylation is 4. The maximum absolute atomic E-state index is 13.4. The molecule has 0 amide bonds. The van der Waals surface area contributed by atoms with Gasteiger partial charge in [-0.3, -0.25) is 4.31 Å². The molecule has 0 saturated heterocycles. The van der Waals surface area contributed by atoms with E-state index in [2.05, 4.69) is 0 Å². The Morgan fingerprint density at radius 2 is 1.71 bits per heavy atom. The van der Waals surface area contributed by atoms with E-state index < -0.39 is 10.0 Å². The summed E-state index contributed by atoms with van der Waals surface area (Å²) in [5.41, 5.74) is 4.46. The molecule has 0 N–H and O–H groups in total. The highest BCUT2D eigenvalue weighted by Crippen LogP contribution is 2.36. The molecule has 24 heavy (non-hydrogen) atoms. The van der Waals surface area contributed by atoms with E-state index in [-0.39, 0.29) is 0 Å². The van der Waals surface area contributed by atoms with E-state index in [1.165, 1.54) is 0 Å². The van der Waals surface area contributed by atoms with Gasteiger partial charge in [0.05, 0.1) is 17.7 Å². The molecule has 1 aliphatic heterocycles. The number of benzene rings is 2. The Labute approximate surface area is 144 Å². The first-order valence-corrected chi connectivity index (χ1v) is 9.56. The van der Waals surface area contributed by atoms with Gasteiger partial charge in [0.2, 0.25) is 0 Å². The second-order valence-electron chi connectivity index (χ2n) is 6.40. The van der Waals surface area contributed by atoms with E-state index in [0.29, 0.717) is 11.4 Å². The van der Waals surface area contributed by atoms with Gasteiger partial charge in [0.1, 0.15) is 5.75 Å². The lowest BCUT2D eigenvalue weighted by atomic mass is 10.0. The van der Waals surface area contributed by atoms with Crippen molar-refractivity contribution in [2.75, 3.05) is 18.0 Å². The molecule has 1 aliphatic rings. The fourth-order valence-corrected chi connectivity index (χ4v) is 5.56. The van der Waals surface area contributed by atoms with E-state index >= 15 is 0 Å². The SMILES string of the molecule is COc1ccc2c(c1)CCCN2S(=O)(=O)c1c(C)cc(C)cc1C. The molecule has 3 rings (SSSR count). The molecule has 0 spiro atoms. The Kier molecular flexibility index (Phi) is 4.30. The van der Waals surface area contributed by atoms with Gasteiger partial charge in [0.25, 0.3) is 10.0 Å². The zero-order valence-corrected chi connectivity index (χ0v) is 15.4. The number of anilines is 1. The fraction of sp³-hybridized carbons (Fsp3) is 0.368. The average Bonchev–Trinajstić information content (AvgIpc) is 2.52. The second kappa shape index (κ2) is 6.13. The van der Waals surface area contributed by atoms with Crippen molar-refractivity contribution >= 4 is 15.7 Å². The van der Waals surface area contributed by atoms with Gasteiger partial charge in [0.15, 0.2) is 0 Å².